The number of thiocyanates is 2. The highest BCUT2D eigenvalue weighted by Gasteiger charge is 2.22. The van der Waals surface area contributed by atoms with E-state index in [-0.39, 0.29) is 15.6 Å². The molecular weight excluding hydrogens is 302 g/mol. The Morgan fingerprint density at radius 3 is 2.00 bits per heavy atom. The van der Waals surface area contributed by atoms with Crippen LogP contribution in [0.5, 0.6) is 0 Å². The number of hydrogen-bond acceptors (Lipinski definition) is 6. The minimum atomic E-state index is -0.309. The lowest BCUT2D eigenvalue weighted by molar-refractivity contribution is -0.111. The second-order valence-corrected chi connectivity index (χ2v) is 5.76. The van der Waals surface area contributed by atoms with Gasteiger partial charge in [-0.15, -0.1) is 0 Å². The van der Waals surface area contributed by atoms with Gasteiger partial charge in [-0.2, -0.15) is 10.5 Å². The molecule has 0 aromatic heterocycles. The maximum atomic E-state index is 12.0. The molecule has 6 heteroatoms. The molecule has 0 heterocycles. The number of thioether (sulfide) groups is 2. The van der Waals surface area contributed by atoms with Crippen molar-refractivity contribution in [1.82, 2.24) is 0 Å². The average molecular weight is 311 g/mol. The number of ketones is 1. The number of nitrogens with zero attached hydrogens (tertiary/aromatic N) is 3. The Morgan fingerprint density at radius 1 is 1.00 bits per heavy atom. The van der Waals surface area contributed by atoms with Crippen molar-refractivity contribution in [3.8, 4) is 10.8 Å². The molecule has 0 bridgehead atoms. The Balaban J connectivity index is 2.41. The van der Waals surface area contributed by atoms with E-state index in [1.165, 1.54) is 0 Å². The van der Waals surface area contributed by atoms with Gasteiger partial charge in [-0.25, -0.2) is 4.99 Å². The molecule has 0 amide bonds. The van der Waals surface area contributed by atoms with Crippen molar-refractivity contribution >= 4 is 40.7 Å². The summed E-state index contributed by atoms with van der Waals surface area (Å²) >= 11 is 1.56. The van der Waals surface area contributed by atoms with Crippen LogP contribution in [0.1, 0.15) is 5.56 Å². The smallest absolute Gasteiger partial charge is 0.207 e. The normalized spacial score (nSPS) is 13.9. The van der Waals surface area contributed by atoms with Gasteiger partial charge in [0, 0.05) is 0 Å². The summed E-state index contributed by atoms with van der Waals surface area (Å²) in [6.07, 6.45) is 3.13. The van der Waals surface area contributed by atoms with Gasteiger partial charge in [-0.3, -0.25) is 4.79 Å². The molecule has 0 saturated carbocycles. The average Bonchev–Trinajstić information content (AvgIpc) is 2.47. The number of rotatable bonds is 3. The van der Waals surface area contributed by atoms with Crippen LogP contribution in [-0.4, -0.2) is 11.5 Å². The van der Waals surface area contributed by atoms with Crippen molar-refractivity contribution in [2.24, 2.45) is 4.99 Å². The second-order valence-electron chi connectivity index (χ2n) is 4.11. The maximum Gasteiger partial charge on any atom is 0.207 e. The molecule has 0 atom stereocenters. The van der Waals surface area contributed by atoms with Crippen molar-refractivity contribution in [3.05, 3.63) is 51.8 Å². The predicted molar refractivity (Wildman–Crippen MR) is 85.9 cm³/mol. The van der Waals surface area contributed by atoms with Crippen LogP contribution >= 0.6 is 23.5 Å². The van der Waals surface area contributed by atoms with Crippen molar-refractivity contribution in [3.63, 3.8) is 0 Å². The van der Waals surface area contributed by atoms with Crippen LogP contribution in [0.4, 0.5) is 5.69 Å². The lowest BCUT2D eigenvalue weighted by Gasteiger charge is -2.09. The molecule has 0 spiro atoms. The SMILES string of the molecule is Cc1ccc(N=C2C=C(SC#N)C(=O)C(SC#N)=C2)cc1. The minimum Gasteiger partial charge on any atom is -0.287 e. The Labute approximate surface area is 130 Å². The van der Waals surface area contributed by atoms with E-state index in [0.29, 0.717) is 5.71 Å². The number of aryl methyl sites for hydroxylation is 1. The van der Waals surface area contributed by atoms with Crippen molar-refractivity contribution in [2.45, 2.75) is 6.92 Å². The third-order valence-electron chi connectivity index (χ3n) is 2.61. The third-order valence-corrected chi connectivity index (χ3v) is 3.84. The molecule has 0 saturated heterocycles. The van der Waals surface area contributed by atoms with Crippen LogP contribution in [0.2, 0.25) is 0 Å². The van der Waals surface area contributed by atoms with Gasteiger partial charge in [0.15, 0.2) is 0 Å². The zero-order chi connectivity index (χ0) is 15.2. The molecular formula is C15H9N3OS2. The Kier molecular flexibility index (Phi) is 4.99. The van der Waals surface area contributed by atoms with Crippen molar-refractivity contribution < 1.29 is 4.79 Å². The van der Waals surface area contributed by atoms with Gasteiger partial charge in [-0.05, 0) is 54.7 Å². The number of nitriles is 2. The van der Waals surface area contributed by atoms with Gasteiger partial charge in [-0.1, -0.05) is 17.7 Å². The van der Waals surface area contributed by atoms with Crippen LogP contribution in [0.3, 0.4) is 0 Å². The summed E-state index contributed by atoms with van der Waals surface area (Å²) in [7, 11) is 0. The van der Waals surface area contributed by atoms with Crippen LogP contribution < -0.4 is 0 Å². The van der Waals surface area contributed by atoms with E-state index in [0.717, 1.165) is 34.8 Å². The zero-order valence-corrected chi connectivity index (χ0v) is 12.7. The molecule has 0 unspecified atom stereocenters. The predicted octanol–water partition coefficient (Wildman–Crippen LogP) is 3.85. The molecule has 0 aliphatic heterocycles. The molecule has 0 N–H and O–H groups in total. The number of hydrogen-bond donors (Lipinski definition) is 0. The zero-order valence-electron chi connectivity index (χ0n) is 11.0. The number of allylic oxidation sites excluding steroid dienone is 4. The molecule has 4 nitrogen and oxygen atoms in total. The van der Waals surface area contributed by atoms with Crippen molar-refractivity contribution in [2.75, 3.05) is 0 Å². The lowest BCUT2D eigenvalue weighted by Crippen LogP contribution is -2.10. The topological polar surface area (TPSA) is 77.0 Å². The number of carbonyl (C=O) groups is 1. The van der Waals surface area contributed by atoms with Gasteiger partial charge in [0.25, 0.3) is 0 Å². The molecule has 102 valence electrons. The first-order chi connectivity index (χ1) is 10.1. The Morgan fingerprint density at radius 2 is 1.52 bits per heavy atom. The summed E-state index contributed by atoms with van der Waals surface area (Å²) in [5.74, 6) is -0.309. The van der Waals surface area contributed by atoms with Gasteiger partial charge in [0.2, 0.25) is 5.78 Å². The summed E-state index contributed by atoms with van der Waals surface area (Å²) in [6, 6.07) is 7.62. The van der Waals surface area contributed by atoms with E-state index in [1.807, 2.05) is 42.0 Å². The van der Waals surface area contributed by atoms with Crippen LogP contribution in [0, 0.1) is 28.3 Å². The summed E-state index contributed by atoms with van der Waals surface area (Å²) in [5.41, 5.74) is 2.43. The maximum absolute atomic E-state index is 12.0. The quantitative estimate of drug-likeness (QED) is 0.626. The third kappa shape index (κ3) is 3.85. The molecule has 0 fully saturated rings. The molecule has 1 aromatic carbocycles. The minimum absolute atomic E-state index is 0.281. The Hall–Kier alpha value is -2.28. The van der Waals surface area contributed by atoms with E-state index in [9.17, 15) is 4.79 Å². The molecule has 1 aliphatic carbocycles. The molecule has 21 heavy (non-hydrogen) atoms. The van der Waals surface area contributed by atoms with Gasteiger partial charge in [0.1, 0.15) is 10.8 Å². The number of Topliss-reactive ketones (excluding diaryl/α,β-unsaturated/α-hetero) is 1. The van der Waals surface area contributed by atoms with E-state index < -0.39 is 0 Å². The largest absolute Gasteiger partial charge is 0.287 e. The highest BCUT2D eigenvalue weighted by Crippen LogP contribution is 2.29. The number of aliphatic imine (C=N–C) groups is 1. The van der Waals surface area contributed by atoms with Crippen molar-refractivity contribution in [1.29, 1.82) is 10.5 Å². The molecule has 1 aromatic rings. The highest BCUT2D eigenvalue weighted by molar-refractivity contribution is 8.10. The second kappa shape index (κ2) is 6.94. The molecule has 2 rings (SSSR count). The summed E-state index contributed by atoms with van der Waals surface area (Å²) < 4.78 is 0. The monoisotopic (exact) mass is 311 g/mol. The van der Waals surface area contributed by atoms with Crippen LogP contribution in [-0.2, 0) is 4.79 Å². The summed E-state index contributed by atoms with van der Waals surface area (Å²) in [4.78, 5) is 17.0. The summed E-state index contributed by atoms with van der Waals surface area (Å²) in [6.45, 7) is 1.99. The lowest BCUT2D eigenvalue weighted by atomic mass is 10.1. The standard InChI is InChI=1S/C15H9N3OS2/c1-10-2-4-11(5-3-10)18-12-6-13(20-8-16)15(19)14(7-12)21-9-17/h2-7H,1H3. The molecule has 1 aliphatic rings. The fourth-order valence-corrected chi connectivity index (χ4v) is 2.67. The van der Waals surface area contributed by atoms with E-state index >= 15 is 0 Å². The van der Waals surface area contributed by atoms with E-state index in [2.05, 4.69) is 4.99 Å². The van der Waals surface area contributed by atoms with Gasteiger partial charge >= 0.3 is 0 Å². The van der Waals surface area contributed by atoms with Crippen LogP contribution in [0.25, 0.3) is 0 Å². The van der Waals surface area contributed by atoms with Gasteiger partial charge < -0.3 is 0 Å². The fourth-order valence-electron chi connectivity index (χ4n) is 1.65. The van der Waals surface area contributed by atoms with Gasteiger partial charge in [0.05, 0.1) is 21.2 Å². The first-order valence-corrected chi connectivity index (χ1v) is 7.52. The highest BCUT2D eigenvalue weighted by atomic mass is 32.2. The first kappa shape index (κ1) is 15.1. The number of carbonyl (C=O) groups excluding carboxylic acids is 1. The first-order valence-electron chi connectivity index (χ1n) is 5.89. The number of benzene rings is 1. The summed E-state index contributed by atoms with van der Waals surface area (Å²) in [5, 5.41) is 21.2. The fraction of sp³-hybridized carbons (Fsp3) is 0.0667. The van der Waals surface area contributed by atoms with Crippen LogP contribution in [0.15, 0.2) is 51.2 Å². The Bertz CT molecular complexity index is 709. The van der Waals surface area contributed by atoms with E-state index in [4.69, 9.17) is 10.5 Å². The van der Waals surface area contributed by atoms with E-state index in [1.54, 1.807) is 12.2 Å². The molecule has 0 radical (unpaired) electrons.